The second kappa shape index (κ2) is 5.87. The molecule has 1 aliphatic rings. The summed E-state index contributed by atoms with van der Waals surface area (Å²) >= 11 is 0. The number of aliphatic hydroxyl groups is 1. The highest BCUT2D eigenvalue weighted by atomic mass is 16.4. The highest BCUT2D eigenvalue weighted by molar-refractivity contribution is 5.87. The minimum Gasteiger partial charge on any atom is -0.480 e. The highest BCUT2D eigenvalue weighted by Crippen LogP contribution is 2.19. The molecule has 0 aromatic carbocycles. The van der Waals surface area contributed by atoms with E-state index in [0.29, 0.717) is 0 Å². The van der Waals surface area contributed by atoms with E-state index < -0.39 is 24.1 Å². The monoisotopic (exact) mass is 273 g/mol. The fourth-order valence-electron chi connectivity index (χ4n) is 1.89. The van der Waals surface area contributed by atoms with Gasteiger partial charge in [0, 0.05) is 34.1 Å². The van der Waals surface area contributed by atoms with E-state index in [-0.39, 0.29) is 25.4 Å². The number of likely N-dealkylation sites (N-methyl/N-ethyl adjacent to an activating group) is 2. The third-order valence-electron chi connectivity index (χ3n) is 3.01. The number of hydrogen-bond acceptors (Lipinski definition) is 4. The molecule has 8 nitrogen and oxygen atoms in total. The average Bonchev–Trinajstić information content (AvgIpc) is 2.70. The molecule has 1 unspecified atom stereocenters. The first-order valence-corrected chi connectivity index (χ1v) is 5.86. The molecule has 2 N–H and O–H groups in total. The van der Waals surface area contributed by atoms with Crippen LogP contribution in [0, 0.1) is 0 Å². The van der Waals surface area contributed by atoms with Crippen LogP contribution in [0.3, 0.4) is 0 Å². The largest absolute Gasteiger partial charge is 0.480 e. The van der Waals surface area contributed by atoms with E-state index in [1.165, 1.54) is 11.9 Å². The molecule has 19 heavy (non-hydrogen) atoms. The molecule has 0 aliphatic carbocycles. The Balaban J connectivity index is 2.70. The van der Waals surface area contributed by atoms with Crippen molar-refractivity contribution in [2.24, 2.45) is 0 Å². The van der Waals surface area contributed by atoms with Crippen molar-refractivity contribution in [1.29, 1.82) is 0 Å². The zero-order valence-corrected chi connectivity index (χ0v) is 11.2. The number of carboxylic acid groups (broad SMARTS) is 1. The van der Waals surface area contributed by atoms with Crippen LogP contribution >= 0.6 is 0 Å². The van der Waals surface area contributed by atoms with Gasteiger partial charge >= 0.3 is 12.0 Å². The molecule has 108 valence electrons. The Hall–Kier alpha value is -1.83. The summed E-state index contributed by atoms with van der Waals surface area (Å²) in [7, 11) is 4.56. The van der Waals surface area contributed by atoms with Gasteiger partial charge in [0.2, 0.25) is 5.91 Å². The van der Waals surface area contributed by atoms with Crippen molar-refractivity contribution in [3.05, 3.63) is 0 Å². The first kappa shape index (κ1) is 15.2. The Kier molecular flexibility index (Phi) is 4.71. The van der Waals surface area contributed by atoms with Crippen molar-refractivity contribution >= 4 is 17.9 Å². The van der Waals surface area contributed by atoms with Crippen molar-refractivity contribution in [2.45, 2.75) is 18.6 Å². The molecule has 1 rings (SSSR count). The number of amides is 3. The number of nitrogens with zero attached hydrogens (tertiary/aromatic N) is 3. The predicted octanol–water partition coefficient (Wildman–Crippen LogP) is -1.35. The number of urea groups is 1. The summed E-state index contributed by atoms with van der Waals surface area (Å²) in [5.41, 5.74) is 0. The van der Waals surface area contributed by atoms with E-state index in [1.54, 1.807) is 14.1 Å². The average molecular weight is 273 g/mol. The van der Waals surface area contributed by atoms with Crippen LogP contribution in [0.25, 0.3) is 0 Å². The summed E-state index contributed by atoms with van der Waals surface area (Å²) in [6.45, 7) is -0.166. The molecule has 0 spiro atoms. The lowest BCUT2D eigenvalue weighted by Crippen LogP contribution is -2.49. The third-order valence-corrected chi connectivity index (χ3v) is 3.01. The van der Waals surface area contributed by atoms with Crippen LogP contribution < -0.4 is 0 Å². The zero-order chi connectivity index (χ0) is 14.7. The summed E-state index contributed by atoms with van der Waals surface area (Å²) in [5, 5.41) is 18.5. The van der Waals surface area contributed by atoms with Crippen LogP contribution in [-0.4, -0.2) is 89.2 Å². The van der Waals surface area contributed by atoms with E-state index in [0.717, 1.165) is 9.80 Å². The van der Waals surface area contributed by atoms with Crippen LogP contribution in [0.15, 0.2) is 0 Å². The van der Waals surface area contributed by atoms with Gasteiger partial charge in [-0.25, -0.2) is 9.59 Å². The number of rotatable bonds is 3. The van der Waals surface area contributed by atoms with Gasteiger partial charge < -0.3 is 24.9 Å². The number of β-amino-alcohol motifs (C(OH)–C–C–N with tert-alkyl or cyclic N) is 1. The number of hydrogen-bond donors (Lipinski definition) is 2. The van der Waals surface area contributed by atoms with Crippen molar-refractivity contribution in [3.8, 4) is 0 Å². The number of carbonyl (C=O) groups is 3. The topological polar surface area (TPSA) is 101 Å². The summed E-state index contributed by atoms with van der Waals surface area (Å²) in [4.78, 5) is 38.2. The lowest BCUT2D eigenvalue weighted by molar-refractivity contribution is -0.141. The quantitative estimate of drug-likeness (QED) is 0.662. The molecular weight excluding hydrogens is 254 g/mol. The summed E-state index contributed by atoms with van der Waals surface area (Å²) < 4.78 is 0. The van der Waals surface area contributed by atoms with Crippen molar-refractivity contribution in [3.63, 3.8) is 0 Å². The van der Waals surface area contributed by atoms with Crippen LogP contribution in [-0.2, 0) is 9.59 Å². The number of likely N-dealkylation sites (tertiary alicyclic amines) is 1. The standard InChI is InChI=1S/C11H19N3O5/c1-12(2)9(16)6-13(3)11(19)14-5-7(15)4-8(14)10(17)18/h7-8,15H,4-6H2,1-3H3,(H,17,18)/t7?,8-/m0/s1. The molecule has 8 heteroatoms. The maximum Gasteiger partial charge on any atom is 0.326 e. The van der Waals surface area contributed by atoms with Crippen molar-refractivity contribution in [2.75, 3.05) is 34.2 Å². The normalized spacial score (nSPS) is 22.2. The maximum atomic E-state index is 12.1. The van der Waals surface area contributed by atoms with Gasteiger partial charge in [0.25, 0.3) is 0 Å². The Morgan fingerprint density at radius 2 is 1.84 bits per heavy atom. The predicted molar refractivity (Wildman–Crippen MR) is 65.5 cm³/mol. The van der Waals surface area contributed by atoms with Gasteiger partial charge in [0.05, 0.1) is 6.10 Å². The van der Waals surface area contributed by atoms with Gasteiger partial charge in [0.15, 0.2) is 0 Å². The van der Waals surface area contributed by atoms with E-state index >= 15 is 0 Å². The lowest BCUT2D eigenvalue weighted by Gasteiger charge is -2.27. The van der Waals surface area contributed by atoms with Gasteiger partial charge in [-0.3, -0.25) is 4.79 Å². The Morgan fingerprint density at radius 3 is 2.32 bits per heavy atom. The van der Waals surface area contributed by atoms with E-state index in [9.17, 15) is 19.5 Å². The highest BCUT2D eigenvalue weighted by Gasteiger charge is 2.40. The second-order valence-corrected chi connectivity index (χ2v) is 4.82. The molecule has 1 saturated heterocycles. The van der Waals surface area contributed by atoms with Crippen molar-refractivity contribution in [1.82, 2.24) is 14.7 Å². The molecule has 1 fully saturated rings. The number of aliphatic carboxylic acids is 1. The fraction of sp³-hybridized carbons (Fsp3) is 0.727. The SMILES string of the molecule is CN(C)C(=O)CN(C)C(=O)N1CC(O)C[C@H]1C(=O)O. The lowest BCUT2D eigenvalue weighted by atomic mass is 10.2. The number of aliphatic hydroxyl groups excluding tert-OH is 1. The molecule has 0 aromatic heterocycles. The zero-order valence-electron chi connectivity index (χ0n) is 11.2. The molecule has 1 aliphatic heterocycles. The third kappa shape index (κ3) is 3.57. The second-order valence-electron chi connectivity index (χ2n) is 4.82. The van der Waals surface area contributed by atoms with Crippen LogP contribution in [0.4, 0.5) is 4.79 Å². The first-order chi connectivity index (χ1) is 8.73. The van der Waals surface area contributed by atoms with Gasteiger partial charge in [-0.2, -0.15) is 0 Å². The molecule has 0 bridgehead atoms. The summed E-state index contributed by atoms with van der Waals surface area (Å²) in [5.74, 6) is -1.42. The Bertz CT molecular complexity index is 385. The number of carbonyl (C=O) groups excluding carboxylic acids is 2. The van der Waals surface area contributed by atoms with Gasteiger partial charge in [-0.1, -0.05) is 0 Å². The molecule has 0 radical (unpaired) electrons. The number of carboxylic acids is 1. The molecule has 2 atom stereocenters. The smallest absolute Gasteiger partial charge is 0.326 e. The Labute approximate surface area is 111 Å². The first-order valence-electron chi connectivity index (χ1n) is 5.86. The van der Waals surface area contributed by atoms with Gasteiger partial charge in [-0.15, -0.1) is 0 Å². The van der Waals surface area contributed by atoms with E-state index in [4.69, 9.17) is 5.11 Å². The van der Waals surface area contributed by atoms with E-state index in [2.05, 4.69) is 0 Å². The van der Waals surface area contributed by atoms with Crippen LogP contribution in [0.2, 0.25) is 0 Å². The minimum atomic E-state index is -1.16. The summed E-state index contributed by atoms with van der Waals surface area (Å²) in [6.07, 6.45) is -0.834. The minimum absolute atomic E-state index is 0.0105. The molecule has 0 aromatic rings. The molecule has 3 amide bonds. The van der Waals surface area contributed by atoms with Gasteiger partial charge in [0.1, 0.15) is 12.6 Å². The van der Waals surface area contributed by atoms with Gasteiger partial charge in [-0.05, 0) is 0 Å². The molecule has 1 heterocycles. The van der Waals surface area contributed by atoms with E-state index in [1.807, 2.05) is 0 Å². The van der Waals surface area contributed by atoms with Crippen LogP contribution in [0.5, 0.6) is 0 Å². The maximum absolute atomic E-state index is 12.1. The molecule has 0 saturated carbocycles. The summed E-state index contributed by atoms with van der Waals surface area (Å²) in [6, 6.07) is -1.61. The Morgan fingerprint density at radius 1 is 1.26 bits per heavy atom. The van der Waals surface area contributed by atoms with Crippen LogP contribution in [0.1, 0.15) is 6.42 Å². The van der Waals surface area contributed by atoms with Crippen molar-refractivity contribution < 1.29 is 24.6 Å². The fourth-order valence-corrected chi connectivity index (χ4v) is 1.89. The molecular formula is C11H19N3O5.